The van der Waals surface area contributed by atoms with Gasteiger partial charge in [-0.25, -0.2) is 0 Å². The number of benzene rings is 1. The number of halogens is 1. The summed E-state index contributed by atoms with van der Waals surface area (Å²) in [5.74, 6) is 2.56. The first-order chi connectivity index (χ1) is 7.42. The molecule has 1 aromatic rings. The number of ether oxygens (including phenoxy) is 2. The third kappa shape index (κ3) is 2.25. The van der Waals surface area contributed by atoms with Crippen molar-refractivity contribution in [3.8, 4) is 11.5 Å². The van der Waals surface area contributed by atoms with Crippen LogP contribution >= 0.6 is 12.4 Å². The Morgan fingerprint density at radius 2 is 2.12 bits per heavy atom. The van der Waals surface area contributed by atoms with Crippen molar-refractivity contribution >= 4 is 12.4 Å². The molecule has 16 heavy (non-hydrogen) atoms. The second kappa shape index (κ2) is 4.93. The van der Waals surface area contributed by atoms with Crippen molar-refractivity contribution in [3.63, 3.8) is 0 Å². The summed E-state index contributed by atoms with van der Waals surface area (Å²) in [6.45, 7) is 2.67. The normalized spacial score (nSPS) is 21.9. The largest absolute Gasteiger partial charge is 0.454 e. The lowest BCUT2D eigenvalue weighted by Gasteiger charge is -2.08. The molecule has 4 heteroatoms. The average molecular weight is 242 g/mol. The second-order valence-corrected chi connectivity index (χ2v) is 4.25. The van der Waals surface area contributed by atoms with Crippen molar-refractivity contribution in [1.29, 1.82) is 0 Å². The standard InChI is InChI=1S/C12H15NO2.ClH/c1-2-11-12(15-8-14-11)6-9(1)5-10-3-4-13-7-10;/h1-2,6,10,13H,3-5,7-8H2;1H. The highest BCUT2D eigenvalue weighted by Crippen LogP contribution is 2.33. The highest BCUT2D eigenvalue weighted by atomic mass is 35.5. The minimum Gasteiger partial charge on any atom is -0.454 e. The predicted octanol–water partition coefficient (Wildman–Crippen LogP) is 1.99. The maximum atomic E-state index is 5.37. The number of rotatable bonds is 2. The number of nitrogens with one attached hydrogen (secondary N) is 1. The summed E-state index contributed by atoms with van der Waals surface area (Å²) in [5, 5.41) is 3.39. The molecule has 0 amide bonds. The third-order valence-electron chi connectivity index (χ3n) is 3.12. The van der Waals surface area contributed by atoms with Gasteiger partial charge in [0.25, 0.3) is 0 Å². The van der Waals surface area contributed by atoms with E-state index in [2.05, 4.69) is 17.4 Å². The Balaban J connectivity index is 0.000000963. The maximum absolute atomic E-state index is 5.37. The zero-order chi connectivity index (χ0) is 10.1. The summed E-state index contributed by atoms with van der Waals surface area (Å²) in [5.41, 5.74) is 1.35. The van der Waals surface area contributed by atoms with Gasteiger partial charge in [0.1, 0.15) is 0 Å². The van der Waals surface area contributed by atoms with Gasteiger partial charge in [-0.2, -0.15) is 0 Å². The molecule has 3 nitrogen and oxygen atoms in total. The van der Waals surface area contributed by atoms with E-state index in [0.29, 0.717) is 6.79 Å². The van der Waals surface area contributed by atoms with Crippen molar-refractivity contribution in [2.24, 2.45) is 5.92 Å². The van der Waals surface area contributed by atoms with Crippen LogP contribution in [0, 0.1) is 5.92 Å². The van der Waals surface area contributed by atoms with E-state index in [1.807, 2.05) is 6.07 Å². The molecule has 0 bridgehead atoms. The van der Waals surface area contributed by atoms with E-state index in [9.17, 15) is 0 Å². The minimum absolute atomic E-state index is 0. The fraction of sp³-hybridized carbons (Fsp3) is 0.500. The third-order valence-corrected chi connectivity index (χ3v) is 3.12. The molecule has 88 valence electrons. The van der Waals surface area contributed by atoms with Crippen molar-refractivity contribution in [2.75, 3.05) is 19.9 Å². The fourth-order valence-electron chi connectivity index (χ4n) is 2.29. The average Bonchev–Trinajstić information content (AvgIpc) is 2.87. The van der Waals surface area contributed by atoms with Crippen LogP contribution in [0.1, 0.15) is 12.0 Å². The fourth-order valence-corrected chi connectivity index (χ4v) is 2.29. The molecule has 1 unspecified atom stereocenters. The first-order valence-electron chi connectivity index (χ1n) is 5.51. The Hall–Kier alpha value is -0.930. The Labute approximate surface area is 102 Å². The molecule has 0 aromatic heterocycles. The van der Waals surface area contributed by atoms with Crippen molar-refractivity contribution in [3.05, 3.63) is 23.8 Å². The van der Waals surface area contributed by atoms with E-state index >= 15 is 0 Å². The molecular weight excluding hydrogens is 226 g/mol. The molecule has 0 aliphatic carbocycles. The quantitative estimate of drug-likeness (QED) is 0.859. The van der Waals surface area contributed by atoms with Gasteiger partial charge >= 0.3 is 0 Å². The van der Waals surface area contributed by atoms with E-state index in [1.165, 1.54) is 12.0 Å². The van der Waals surface area contributed by atoms with Crippen LogP contribution in [0.3, 0.4) is 0 Å². The Morgan fingerprint density at radius 3 is 2.94 bits per heavy atom. The molecule has 1 N–H and O–H groups in total. The van der Waals surface area contributed by atoms with Gasteiger partial charge in [-0.15, -0.1) is 12.4 Å². The van der Waals surface area contributed by atoms with Gasteiger partial charge in [-0.05, 0) is 49.5 Å². The number of hydrogen-bond donors (Lipinski definition) is 1. The van der Waals surface area contributed by atoms with Crippen molar-refractivity contribution in [1.82, 2.24) is 5.32 Å². The van der Waals surface area contributed by atoms with Gasteiger partial charge < -0.3 is 14.8 Å². The minimum atomic E-state index is 0. The second-order valence-electron chi connectivity index (χ2n) is 4.25. The van der Waals surface area contributed by atoms with Gasteiger partial charge in [0.15, 0.2) is 11.5 Å². The molecule has 0 saturated carbocycles. The van der Waals surface area contributed by atoms with Gasteiger partial charge in [0.2, 0.25) is 6.79 Å². The van der Waals surface area contributed by atoms with Crippen LogP contribution in [0.4, 0.5) is 0 Å². The van der Waals surface area contributed by atoms with Gasteiger partial charge in [-0.1, -0.05) is 6.07 Å². The topological polar surface area (TPSA) is 30.5 Å². The van der Waals surface area contributed by atoms with Gasteiger partial charge in [0, 0.05) is 0 Å². The predicted molar refractivity (Wildman–Crippen MR) is 64.5 cm³/mol. The lowest BCUT2D eigenvalue weighted by molar-refractivity contribution is 0.174. The Morgan fingerprint density at radius 1 is 1.25 bits per heavy atom. The molecular formula is C12H16ClNO2. The summed E-state index contributed by atoms with van der Waals surface area (Å²) in [7, 11) is 0. The zero-order valence-electron chi connectivity index (χ0n) is 9.07. The lowest BCUT2D eigenvalue weighted by Crippen LogP contribution is -2.10. The summed E-state index contributed by atoms with van der Waals surface area (Å²) in [6, 6.07) is 6.27. The molecule has 1 atom stereocenters. The highest BCUT2D eigenvalue weighted by molar-refractivity contribution is 5.85. The van der Waals surface area contributed by atoms with Crippen LogP contribution < -0.4 is 14.8 Å². The van der Waals surface area contributed by atoms with Crippen LogP contribution in [0.15, 0.2) is 18.2 Å². The van der Waals surface area contributed by atoms with Crippen molar-refractivity contribution in [2.45, 2.75) is 12.8 Å². The van der Waals surface area contributed by atoms with Gasteiger partial charge in [-0.3, -0.25) is 0 Å². The molecule has 2 aliphatic rings. The van der Waals surface area contributed by atoms with E-state index in [1.54, 1.807) is 0 Å². The van der Waals surface area contributed by atoms with E-state index < -0.39 is 0 Å². The summed E-state index contributed by atoms with van der Waals surface area (Å²) >= 11 is 0. The Bertz CT molecular complexity index is 364. The van der Waals surface area contributed by atoms with E-state index in [-0.39, 0.29) is 12.4 Å². The zero-order valence-corrected chi connectivity index (χ0v) is 9.89. The maximum Gasteiger partial charge on any atom is 0.231 e. The summed E-state index contributed by atoms with van der Waals surface area (Å²) < 4.78 is 10.7. The van der Waals surface area contributed by atoms with E-state index in [0.717, 1.165) is 36.9 Å². The number of fused-ring (bicyclic) bond motifs is 1. The Kier molecular flexibility index (Phi) is 3.56. The lowest BCUT2D eigenvalue weighted by atomic mass is 9.98. The molecule has 0 radical (unpaired) electrons. The molecule has 1 aromatic carbocycles. The monoisotopic (exact) mass is 241 g/mol. The molecule has 2 heterocycles. The highest BCUT2D eigenvalue weighted by Gasteiger charge is 2.17. The first kappa shape index (κ1) is 11.6. The van der Waals surface area contributed by atoms with E-state index in [4.69, 9.17) is 9.47 Å². The van der Waals surface area contributed by atoms with Gasteiger partial charge in [0.05, 0.1) is 0 Å². The van der Waals surface area contributed by atoms with Crippen LogP contribution in [-0.2, 0) is 6.42 Å². The molecule has 3 rings (SSSR count). The summed E-state index contributed by atoms with van der Waals surface area (Å²) in [4.78, 5) is 0. The van der Waals surface area contributed by atoms with Crippen LogP contribution in [-0.4, -0.2) is 19.9 Å². The molecule has 1 fully saturated rings. The first-order valence-corrected chi connectivity index (χ1v) is 5.51. The SMILES string of the molecule is Cl.c1cc2c(cc1CC1CCNC1)OCO2. The summed E-state index contributed by atoms with van der Waals surface area (Å²) in [6.07, 6.45) is 2.43. The van der Waals surface area contributed by atoms with Crippen LogP contribution in [0.5, 0.6) is 11.5 Å². The molecule has 2 aliphatic heterocycles. The smallest absolute Gasteiger partial charge is 0.231 e. The van der Waals surface area contributed by atoms with Crippen LogP contribution in [0.25, 0.3) is 0 Å². The van der Waals surface area contributed by atoms with Crippen LogP contribution in [0.2, 0.25) is 0 Å². The van der Waals surface area contributed by atoms with Crippen molar-refractivity contribution < 1.29 is 9.47 Å². The number of hydrogen-bond acceptors (Lipinski definition) is 3. The molecule has 0 spiro atoms. The molecule has 1 saturated heterocycles.